The van der Waals surface area contributed by atoms with Crippen LogP contribution in [0.25, 0.3) is 0 Å². The smallest absolute Gasteiger partial charge is 0.251 e. The van der Waals surface area contributed by atoms with E-state index in [9.17, 15) is 13.2 Å². The molecular formula is C18H21NO3S. The van der Waals surface area contributed by atoms with Gasteiger partial charge in [0.25, 0.3) is 5.91 Å². The average molecular weight is 331 g/mol. The van der Waals surface area contributed by atoms with Crippen molar-refractivity contribution in [2.45, 2.75) is 31.7 Å². The van der Waals surface area contributed by atoms with E-state index in [4.69, 9.17) is 0 Å². The summed E-state index contributed by atoms with van der Waals surface area (Å²) in [6.45, 7) is 5.93. The highest BCUT2D eigenvalue weighted by Gasteiger charge is 2.15. The van der Waals surface area contributed by atoms with Crippen LogP contribution in [0.4, 0.5) is 0 Å². The normalized spacial score (nSPS) is 12.7. The number of hydrogen-bond donors (Lipinski definition) is 1. The van der Waals surface area contributed by atoms with Crippen LogP contribution in [0, 0.1) is 13.8 Å². The predicted molar refractivity (Wildman–Crippen MR) is 91.3 cm³/mol. The summed E-state index contributed by atoms with van der Waals surface area (Å²) in [6.07, 6.45) is 1.13. The van der Waals surface area contributed by atoms with Crippen LogP contribution in [-0.4, -0.2) is 20.6 Å². The van der Waals surface area contributed by atoms with Crippen LogP contribution in [0.15, 0.2) is 47.4 Å². The monoisotopic (exact) mass is 331 g/mol. The predicted octanol–water partition coefficient (Wildman–Crippen LogP) is 3.20. The third-order valence-electron chi connectivity index (χ3n) is 3.77. The molecular weight excluding hydrogens is 310 g/mol. The zero-order valence-electron chi connectivity index (χ0n) is 13.8. The molecule has 1 N–H and O–H groups in total. The molecule has 0 fully saturated rings. The van der Waals surface area contributed by atoms with Gasteiger partial charge in [-0.25, -0.2) is 8.42 Å². The molecule has 0 aliphatic carbocycles. The van der Waals surface area contributed by atoms with E-state index >= 15 is 0 Å². The molecule has 0 aliphatic heterocycles. The summed E-state index contributed by atoms with van der Waals surface area (Å²) in [4.78, 5) is 12.5. The zero-order chi connectivity index (χ0) is 17.2. The number of benzene rings is 2. The van der Waals surface area contributed by atoms with Gasteiger partial charge in [-0.2, -0.15) is 0 Å². The van der Waals surface area contributed by atoms with Crippen molar-refractivity contribution in [3.63, 3.8) is 0 Å². The number of amides is 1. The quantitative estimate of drug-likeness (QED) is 0.936. The molecule has 5 heteroatoms. The molecule has 4 nitrogen and oxygen atoms in total. The lowest BCUT2D eigenvalue weighted by molar-refractivity contribution is 0.0939. The van der Waals surface area contributed by atoms with E-state index < -0.39 is 9.84 Å². The highest BCUT2D eigenvalue weighted by molar-refractivity contribution is 7.90. The fourth-order valence-corrected chi connectivity index (χ4v) is 3.12. The second kappa shape index (κ2) is 6.54. The lowest BCUT2D eigenvalue weighted by Gasteiger charge is -2.17. The van der Waals surface area contributed by atoms with Crippen LogP contribution >= 0.6 is 0 Å². The molecule has 2 aromatic carbocycles. The van der Waals surface area contributed by atoms with E-state index in [0.29, 0.717) is 5.56 Å². The minimum atomic E-state index is -3.33. The minimum absolute atomic E-state index is 0.143. The lowest BCUT2D eigenvalue weighted by Crippen LogP contribution is -2.27. The van der Waals surface area contributed by atoms with Gasteiger partial charge in [-0.1, -0.05) is 29.8 Å². The van der Waals surface area contributed by atoms with Crippen molar-refractivity contribution < 1.29 is 13.2 Å². The number of sulfone groups is 1. The summed E-state index contributed by atoms with van der Waals surface area (Å²) in [7, 11) is -3.33. The molecule has 0 spiro atoms. The summed E-state index contributed by atoms with van der Waals surface area (Å²) >= 11 is 0. The molecule has 122 valence electrons. The van der Waals surface area contributed by atoms with Gasteiger partial charge >= 0.3 is 0 Å². The van der Waals surface area contributed by atoms with Crippen LogP contribution in [-0.2, 0) is 9.84 Å². The Morgan fingerprint density at radius 1 is 1.09 bits per heavy atom. The van der Waals surface area contributed by atoms with E-state index in [1.54, 1.807) is 12.1 Å². The Kier molecular flexibility index (Phi) is 4.90. The first-order chi connectivity index (χ1) is 10.7. The van der Waals surface area contributed by atoms with Crippen molar-refractivity contribution in [2.75, 3.05) is 6.26 Å². The maximum absolute atomic E-state index is 12.4. The van der Waals surface area contributed by atoms with Gasteiger partial charge in [0.15, 0.2) is 9.84 Å². The second-order valence-corrected chi connectivity index (χ2v) is 7.87. The summed E-state index contributed by atoms with van der Waals surface area (Å²) in [5, 5.41) is 2.93. The largest absolute Gasteiger partial charge is 0.346 e. The molecule has 2 aromatic rings. The lowest BCUT2D eigenvalue weighted by atomic mass is 10.00. The Bertz CT molecular complexity index is 841. The van der Waals surface area contributed by atoms with Gasteiger partial charge in [0.2, 0.25) is 0 Å². The molecule has 1 amide bonds. The fourth-order valence-electron chi connectivity index (χ4n) is 2.45. The molecule has 0 saturated carbocycles. The first-order valence-electron chi connectivity index (χ1n) is 7.36. The van der Waals surface area contributed by atoms with Crippen LogP contribution in [0.5, 0.6) is 0 Å². The van der Waals surface area contributed by atoms with Gasteiger partial charge in [-0.3, -0.25) is 4.79 Å². The van der Waals surface area contributed by atoms with Crippen molar-refractivity contribution in [1.82, 2.24) is 5.32 Å². The van der Waals surface area contributed by atoms with Crippen LogP contribution in [0.3, 0.4) is 0 Å². The molecule has 0 unspecified atom stereocenters. The SMILES string of the molecule is Cc1ccc(C)c([C@@H](C)NC(=O)c2cccc(S(C)(=O)=O)c2)c1. The molecule has 0 aliphatic rings. The van der Waals surface area contributed by atoms with Crippen LogP contribution in [0.1, 0.15) is 40.0 Å². The zero-order valence-corrected chi connectivity index (χ0v) is 14.6. The maximum atomic E-state index is 12.4. The molecule has 0 bridgehead atoms. The van der Waals surface area contributed by atoms with Crippen LogP contribution in [0.2, 0.25) is 0 Å². The number of carbonyl (C=O) groups excluding carboxylic acids is 1. The van der Waals surface area contributed by atoms with Crippen molar-refractivity contribution in [1.29, 1.82) is 0 Å². The highest BCUT2D eigenvalue weighted by atomic mass is 32.2. The van der Waals surface area contributed by atoms with Gasteiger partial charge in [-0.15, -0.1) is 0 Å². The van der Waals surface area contributed by atoms with E-state index in [-0.39, 0.29) is 16.8 Å². The van der Waals surface area contributed by atoms with Crippen LogP contribution < -0.4 is 5.32 Å². The molecule has 2 rings (SSSR count). The van der Waals surface area contributed by atoms with Gasteiger partial charge in [-0.05, 0) is 50.1 Å². The summed E-state index contributed by atoms with van der Waals surface area (Å²) < 4.78 is 23.2. The summed E-state index contributed by atoms with van der Waals surface area (Å²) in [5.74, 6) is -0.288. The number of aryl methyl sites for hydroxylation is 2. The highest BCUT2D eigenvalue weighted by Crippen LogP contribution is 2.20. The fraction of sp³-hybridized carbons (Fsp3) is 0.278. The van der Waals surface area contributed by atoms with Crippen molar-refractivity contribution in [3.8, 4) is 0 Å². The molecule has 0 heterocycles. The maximum Gasteiger partial charge on any atom is 0.251 e. The Balaban J connectivity index is 2.24. The van der Waals surface area contributed by atoms with E-state index in [1.165, 1.54) is 12.1 Å². The number of carbonyl (C=O) groups is 1. The van der Waals surface area contributed by atoms with Gasteiger partial charge in [0, 0.05) is 11.8 Å². The topological polar surface area (TPSA) is 63.2 Å². The van der Waals surface area contributed by atoms with E-state index in [0.717, 1.165) is 22.9 Å². The van der Waals surface area contributed by atoms with Gasteiger partial charge in [0.05, 0.1) is 10.9 Å². The van der Waals surface area contributed by atoms with Crippen molar-refractivity contribution in [2.24, 2.45) is 0 Å². The Hall–Kier alpha value is -2.14. The van der Waals surface area contributed by atoms with Gasteiger partial charge in [0.1, 0.15) is 0 Å². The number of rotatable bonds is 4. The molecule has 1 atom stereocenters. The first-order valence-corrected chi connectivity index (χ1v) is 9.26. The van der Waals surface area contributed by atoms with E-state index in [1.807, 2.05) is 39.0 Å². The molecule has 0 saturated heterocycles. The van der Waals surface area contributed by atoms with E-state index in [2.05, 4.69) is 5.32 Å². The van der Waals surface area contributed by atoms with Crippen molar-refractivity contribution >= 4 is 15.7 Å². The Morgan fingerprint density at radius 2 is 1.78 bits per heavy atom. The molecule has 0 aromatic heterocycles. The second-order valence-electron chi connectivity index (χ2n) is 5.86. The summed E-state index contributed by atoms with van der Waals surface area (Å²) in [5.41, 5.74) is 3.63. The average Bonchev–Trinajstić information content (AvgIpc) is 2.48. The standard InChI is InChI=1S/C18H21NO3S/c1-12-8-9-13(2)17(10-12)14(3)19-18(20)15-6-5-7-16(11-15)23(4,21)22/h5-11,14H,1-4H3,(H,19,20)/t14-/m1/s1. The minimum Gasteiger partial charge on any atom is -0.346 e. The Labute approximate surface area is 137 Å². The van der Waals surface area contributed by atoms with Gasteiger partial charge < -0.3 is 5.32 Å². The Morgan fingerprint density at radius 3 is 2.43 bits per heavy atom. The molecule has 23 heavy (non-hydrogen) atoms. The van der Waals surface area contributed by atoms with Crippen molar-refractivity contribution in [3.05, 3.63) is 64.7 Å². The molecule has 0 radical (unpaired) electrons. The third-order valence-corrected chi connectivity index (χ3v) is 4.88. The summed E-state index contributed by atoms with van der Waals surface area (Å²) in [6, 6.07) is 12.0. The first kappa shape index (κ1) is 17.2. The number of nitrogens with one attached hydrogen (secondary N) is 1. The third kappa shape index (κ3) is 4.20. The number of hydrogen-bond acceptors (Lipinski definition) is 3.